The normalized spacial score (nSPS) is 24.0. The molecule has 2 aliphatic rings. The molecule has 5 heterocycles. The second-order valence-corrected chi connectivity index (χ2v) is 9.98. The number of rotatable bonds is 5. The molecule has 10 heteroatoms. The van der Waals surface area contributed by atoms with E-state index in [1.807, 2.05) is 22.9 Å². The zero-order valence-corrected chi connectivity index (χ0v) is 20.3. The van der Waals surface area contributed by atoms with Gasteiger partial charge in [-0.15, -0.1) is 10.2 Å². The van der Waals surface area contributed by atoms with E-state index in [-0.39, 0.29) is 12.1 Å². The predicted molar refractivity (Wildman–Crippen MR) is 131 cm³/mol. The van der Waals surface area contributed by atoms with E-state index in [0.29, 0.717) is 11.8 Å². The van der Waals surface area contributed by atoms with Crippen LogP contribution < -0.4 is 4.90 Å². The molecule has 0 aliphatic carbocycles. The van der Waals surface area contributed by atoms with E-state index in [1.54, 1.807) is 6.33 Å². The summed E-state index contributed by atoms with van der Waals surface area (Å²) in [7, 11) is 0. The highest BCUT2D eigenvalue weighted by Crippen LogP contribution is 2.30. The fourth-order valence-corrected chi connectivity index (χ4v) is 5.39. The number of benzene rings is 1. The Morgan fingerprint density at radius 2 is 1.94 bits per heavy atom. The average molecular weight is 481 g/mol. The molecule has 2 fully saturated rings. The van der Waals surface area contributed by atoms with E-state index >= 15 is 0 Å². The Morgan fingerprint density at radius 3 is 2.74 bits per heavy atom. The summed E-state index contributed by atoms with van der Waals surface area (Å²) < 4.78 is 9.99. The molecule has 3 aromatic heterocycles. The minimum Gasteiger partial charge on any atom is -0.376 e. The highest BCUT2D eigenvalue weighted by atomic mass is 35.5. The largest absolute Gasteiger partial charge is 0.376 e. The van der Waals surface area contributed by atoms with Crippen LogP contribution >= 0.6 is 11.6 Å². The summed E-state index contributed by atoms with van der Waals surface area (Å²) in [6.07, 6.45) is 6.03. The molecular weight excluding hydrogens is 452 g/mol. The number of piperazine rings is 1. The highest BCUT2D eigenvalue weighted by Gasteiger charge is 2.32. The van der Waals surface area contributed by atoms with Crippen LogP contribution in [0, 0.1) is 0 Å². The number of imidazole rings is 1. The van der Waals surface area contributed by atoms with Crippen molar-refractivity contribution in [2.75, 3.05) is 24.6 Å². The number of hydrogen-bond donors (Lipinski definition) is 0. The molecule has 0 radical (unpaired) electrons. The molecule has 2 aliphatic heterocycles. The van der Waals surface area contributed by atoms with Crippen LogP contribution in [0.25, 0.3) is 16.9 Å². The van der Waals surface area contributed by atoms with Crippen LogP contribution in [0.2, 0.25) is 5.02 Å². The van der Waals surface area contributed by atoms with Gasteiger partial charge in [-0.05, 0) is 44.4 Å². The Balaban J connectivity index is 1.31. The molecule has 1 aromatic carbocycles. The van der Waals surface area contributed by atoms with Gasteiger partial charge in [0.05, 0.1) is 19.0 Å². The van der Waals surface area contributed by atoms with Gasteiger partial charge in [0.1, 0.15) is 11.8 Å². The van der Waals surface area contributed by atoms with E-state index in [1.165, 1.54) is 5.56 Å². The Bertz CT molecular complexity index is 1300. The van der Waals surface area contributed by atoms with Crippen LogP contribution in [0.5, 0.6) is 0 Å². The first kappa shape index (κ1) is 21.8. The van der Waals surface area contributed by atoms with Gasteiger partial charge in [-0.3, -0.25) is 4.90 Å². The summed E-state index contributed by atoms with van der Waals surface area (Å²) in [4.78, 5) is 14.6. The number of hydrogen-bond acceptors (Lipinski definition) is 7. The Morgan fingerprint density at radius 1 is 1.09 bits per heavy atom. The van der Waals surface area contributed by atoms with Crippen LogP contribution in [-0.2, 0) is 17.8 Å². The lowest BCUT2D eigenvalue weighted by atomic mass is 10.1. The van der Waals surface area contributed by atoms with E-state index in [9.17, 15) is 0 Å². The van der Waals surface area contributed by atoms with Crippen LogP contribution in [0.3, 0.4) is 0 Å². The number of aromatic nitrogens is 6. The molecular formula is C24H29ClN8O. The summed E-state index contributed by atoms with van der Waals surface area (Å²) in [6.45, 7) is 8.83. The summed E-state index contributed by atoms with van der Waals surface area (Å²) >= 11 is 6.07. The number of fused-ring (bicyclic) bond motifs is 3. The average Bonchev–Trinajstić information content (AvgIpc) is 3.58. The van der Waals surface area contributed by atoms with Gasteiger partial charge in [-0.1, -0.05) is 23.7 Å². The number of ether oxygens (including phenoxy) is 1. The van der Waals surface area contributed by atoms with Crippen molar-refractivity contribution in [3.05, 3.63) is 47.5 Å². The van der Waals surface area contributed by atoms with Gasteiger partial charge >= 0.3 is 0 Å². The lowest BCUT2D eigenvalue weighted by molar-refractivity contribution is 0.0977. The molecule has 0 N–H and O–H groups in total. The minimum atomic E-state index is 0.218. The number of halogens is 1. The first-order chi connectivity index (χ1) is 16.6. The van der Waals surface area contributed by atoms with Crippen LogP contribution in [0.1, 0.15) is 32.3 Å². The monoisotopic (exact) mass is 480 g/mol. The molecule has 0 amide bonds. The zero-order chi connectivity index (χ0) is 23.2. The molecule has 4 aromatic rings. The molecule has 0 spiro atoms. The Labute approximate surface area is 203 Å². The molecule has 0 bridgehead atoms. The maximum absolute atomic E-state index is 6.07. The maximum atomic E-state index is 6.07. The Hall–Kier alpha value is -2.75. The Kier molecular flexibility index (Phi) is 5.63. The molecule has 3 atom stereocenters. The number of nitrogens with zero attached hydrogens (tertiary/aromatic N) is 8. The van der Waals surface area contributed by atoms with Gasteiger partial charge in [0, 0.05) is 43.3 Å². The summed E-state index contributed by atoms with van der Waals surface area (Å²) in [5.74, 6) is 1.48. The van der Waals surface area contributed by atoms with Crippen molar-refractivity contribution in [1.29, 1.82) is 0 Å². The van der Waals surface area contributed by atoms with Gasteiger partial charge in [0.2, 0.25) is 0 Å². The summed E-state index contributed by atoms with van der Waals surface area (Å²) in [5.41, 5.74) is 3.13. The van der Waals surface area contributed by atoms with Crippen molar-refractivity contribution in [3.8, 4) is 0 Å². The molecule has 178 valence electrons. The number of anilines is 1. The highest BCUT2D eigenvalue weighted by molar-refractivity contribution is 6.30. The van der Waals surface area contributed by atoms with E-state index < -0.39 is 0 Å². The molecule has 9 nitrogen and oxygen atoms in total. The molecule has 34 heavy (non-hydrogen) atoms. The van der Waals surface area contributed by atoms with Gasteiger partial charge in [-0.2, -0.15) is 4.98 Å². The van der Waals surface area contributed by atoms with Crippen molar-refractivity contribution in [2.45, 2.75) is 58.0 Å². The lowest BCUT2D eigenvalue weighted by Gasteiger charge is -2.44. The summed E-state index contributed by atoms with van der Waals surface area (Å²) in [6, 6.07) is 8.76. The van der Waals surface area contributed by atoms with E-state index in [2.05, 4.69) is 50.5 Å². The third-order valence-electron chi connectivity index (χ3n) is 7.10. The van der Waals surface area contributed by atoms with E-state index in [4.69, 9.17) is 26.3 Å². The quantitative estimate of drug-likeness (QED) is 0.433. The van der Waals surface area contributed by atoms with Gasteiger partial charge in [0.15, 0.2) is 11.5 Å². The van der Waals surface area contributed by atoms with Gasteiger partial charge < -0.3 is 14.2 Å². The topological polar surface area (TPSA) is 76.6 Å². The third-order valence-corrected chi connectivity index (χ3v) is 7.35. The fraction of sp³-hybridized carbons (Fsp3) is 0.500. The van der Waals surface area contributed by atoms with Crippen molar-refractivity contribution < 1.29 is 4.74 Å². The van der Waals surface area contributed by atoms with Crippen LogP contribution in [0.4, 0.5) is 5.82 Å². The SMILES string of the molecule is C[C@@H]1CN(c2nc3nncn3c3c2ncn3C[C@@H]2CCCO2)[C@@H](C)CN1Cc1ccc(Cl)cc1. The molecule has 0 unspecified atom stereocenters. The van der Waals surface area contributed by atoms with Gasteiger partial charge in [0.25, 0.3) is 5.78 Å². The fourth-order valence-electron chi connectivity index (χ4n) is 5.27. The second kappa shape index (κ2) is 8.79. The third kappa shape index (κ3) is 3.91. The van der Waals surface area contributed by atoms with Crippen LogP contribution in [-0.4, -0.2) is 71.9 Å². The van der Waals surface area contributed by atoms with Crippen molar-refractivity contribution >= 4 is 34.4 Å². The maximum Gasteiger partial charge on any atom is 0.258 e. The molecule has 2 saturated heterocycles. The minimum absolute atomic E-state index is 0.218. The smallest absolute Gasteiger partial charge is 0.258 e. The first-order valence-electron chi connectivity index (χ1n) is 12.0. The summed E-state index contributed by atoms with van der Waals surface area (Å²) in [5, 5.41) is 9.18. The molecule has 6 rings (SSSR count). The standard InChI is InChI=1S/C24H29ClN8O/c1-16-11-32(17(2)10-30(16)12-18-5-7-19(25)8-6-18)22-21-23(33-15-27-29-24(33)28-22)31(14-26-21)13-20-4-3-9-34-20/h5-8,14-17,20H,3-4,9-13H2,1-2H3/t16-,17+,20+/m1/s1. The van der Waals surface area contributed by atoms with Crippen molar-refractivity contribution in [3.63, 3.8) is 0 Å². The first-order valence-corrected chi connectivity index (χ1v) is 12.4. The molecule has 0 saturated carbocycles. The zero-order valence-electron chi connectivity index (χ0n) is 19.5. The predicted octanol–water partition coefficient (Wildman–Crippen LogP) is 3.41. The lowest BCUT2D eigenvalue weighted by Crippen LogP contribution is -2.56. The second-order valence-electron chi connectivity index (χ2n) is 9.55. The van der Waals surface area contributed by atoms with Crippen molar-refractivity contribution in [2.24, 2.45) is 0 Å². The van der Waals surface area contributed by atoms with E-state index in [0.717, 1.165) is 67.6 Å². The van der Waals surface area contributed by atoms with Crippen molar-refractivity contribution in [1.82, 2.24) is 34.0 Å². The van der Waals surface area contributed by atoms with Gasteiger partial charge in [-0.25, -0.2) is 9.38 Å². The van der Waals surface area contributed by atoms with Crippen LogP contribution in [0.15, 0.2) is 36.9 Å².